The van der Waals surface area contributed by atoms with Gasteiger partial charge in [0.15, 0.2) is 12.1 Å². The van der Waals surface area contributed by atoms with Crippen molar-refractivity contribution in [2.24, 2.45) is 0 Å². The van der Waals surface area contributed by atoms with Crippen LogP contribution in [0.25, 0.3) is 10.9 Å². The molecule has 8 nitrogen and oxygen atoms in total. The quantitative estimate of drug-likeness (QED) is 0.235. The van der Waals surface area contributed by atoms with Crippen LogP contribution in [0.5, 0.6) is 0 Å². The fraction of sp³-hybridized carbons (Fsp3) is 0.0833. The molecule has 0 unspecified atom stereocenters. The summed E-state index contributed by atoms with van der Waals surface area (Å²) in [6.07, 6.45) is 1.30. The lowest BCUT2D eigenvalue weighted by molar-refractivity contribution is -0.144. The molecule has 2 atom stereocenters. The first kappa shape index (κ1) is 22.4. The smallest absolute Gasteiger partial charge is 0.331 e. The van der Waals surface area contributed by atoms with Crippen molar-refractivity contribution in [3.63, 3.8) is 0 Å². The number of H-pyrrole nitrogens is 1. The highest BCUT2D eigenvalue weighted by Crippen LogP contribution is 2.38. The highest BCUT2D eigenvalue weighted by Gasteiger charge is 2.44. The van der Waals surface area contributed by atoms with Crippen molar-refractivity contribution < 1.29 is 19.5 Å². The van der Waals surface area contributed by atoms with Gasteiger partial charge in [-0.05, 0) is 64.4 Å². The van der Waals surface area contributed by atoms with Crippen LogP contribution in [0.1, 0.15) is 33.7 Å². The largest absolute Gasteiger partial charge is 0.479 e. The molecule has 170 valence electrons. The van der Waals surface area contributed by atoms with Gasteiger partial charge in [0.05, 0.1) is 11.3 Å². The minimum Gasteiger partial charge on any atom is -0.479 e. The number of aromatic nitrogens is 2. The van der Waals surface area contributed by atoms with Gasteiger partial charge in [0.1, 0.15) is 5.15 Å². The van der Waals surface area contributed by atoms with Gasteiger partial charge in [0.2, 0.25) is 0 Å². The van der Waals surface area contributed by atoms with Crippen molar-refractivity contribution in [2.75, 3.05) is 5.32 Å². The van der Waals surface area contributed by atoms with Gasteiger partial charge >= 0.3 is 5.97 Å². The number of carbonyl (C=O) groups is 3. The standard InChI is InChI=1S/C24H16ClIN4O4/c25-19-8-5-13(11-27-19)20(24(33)34)30-21(18-9-12-3-1-2-4-16(12)28-18)22(31)29-17-7-6-14(26)10-15(17)23(30)32/h1-11,20-21,28H,(H,29,31)(H,33,34)/t20-,21-/m0/s1. The van der Waals surface area contributed by atoms with Crippen LogP contribution in [0.2, 0.25) is 5.15 Å². The Morgan fingerprint density at radius 2 is 1.91 bits per heavy atom. The number of para-hydroxylation sites is 1. The van der Waals surface area contributed by atoms with Crippen LogP contribution >= 0.6 is 34.2 Å². The van der Waals surface area contributed by atoms with E-state index in [1.54, 1.807) is 24.3 Å². The number of benzene rings is 2. The second-order valence-corrected chi connectivity index (χ2v) is 9.39. The van der Waals surface area contributed by atoms with Gasteiger partial charge < -0.3 is 20.3 Å². The summed E-state index contributed by atoms with van der Waals surface area (Å²) in [6, 6.07) is 14.4. The number of halogens is 2. The molecule has 0 fully saturated rings. The lowest BCUT2D eigenvalue weighted by Crippen LogP contribution is -2.44. The van der Waals surface area contributed by atoms with Crippen LogP contribution in [-0.2, 0) is 9.59 Å². The van der Waals surface area contributed by atoms with Crippen molar-refractivity contribution in [3.8, 4) is 0 Å². The van der Waals surface area contributed by atoms with E-state index in [4.69, 9.17) is 11.6 Å². The monoisotopic (exact) mass is 586 g/mol. The van der Waals surface area contributed by atoms with Gasteiger partial charge in [-0.15, -0.1) is 0 Å². The molecule has 0 aliphatic carbocycles. The molecule has 3 heterocycles. The Balaban J connectivity index is 1.75. The molecule has 2 amide bonds. The minimum atomic E-state index is -1.50. The Labute approximate surface area is 212 Å². The maximum atomic E-state index is 13.9. The Morgan fingerprint density at radius 3 is 2.62 bits per heavy atom. The number of nitrogens with zero attached hydrogens (tertiary/aromatic N) is 2. The molecule has 1 aliphatic rings. The van der Waals surface area contributed by atoms with E-state index in [0.717, 1.165) is 19.4 Å². The first-order chi connectivity index (χ1) is 16.3. The second-order valence-electron chi connectivity index (χ2n) is 7.76. The van der Waals surface area contributed by atoms with Crippen molar-refractivity contribution >= 4 is 68.6 Å². The highest BCUT2D eigenvalue weighted by molar-refractivity contribution is 14.1. The van der Waals surface area contributed by atoms with Crippen LogP contribution in [0, 0.1) is 3.57 Å². The first-order valence-corrected chi connectivity index (χ1v) is 11.6. The number of anilines is 1. The van der Waals surface area contributed by atoms with Crippen molar-refractivity contribution in [1.82, 2.24) is 14.9 Å². The van der Waals surface area contributed by atoms with Crippen LogP contribution in [0.4, 0.5) is 5.69 Å². The van der Waals surface area contributed by atoms with E-state index in [1.807, 2.05) is 24.3 Å². The van der Waals surface area contributed by atoms with Crippen LogP contribution in [-0.4, -0.2) is 37.8 Å². The third kappa shape index (κ3) is 3.90. The summed E-state index contributed by atoms with van der Waals surface area (Å²) in [5.41, 5.74) is 1.88. The van der Waals surface area contributed by atoms with E-state index in [9.17, 15) is 19.5 Å². The van der Waals surface area contributed by atoms with Gasteiger partial charge in [0.25, 0.3) is 11.8 Å². The Hall–Kier alpha value is -3.44. The molecule has 10 heteroatoms. The first-order valence-electron chi connectivity index (χ1n) is 10.2. The van der Waals surface area contributed by atoms with Crippen LogP contribution < -0.4 is 5.32 Å². The fourth-order valence-corrected chi connectivity index (χ4v) is 4.76. The molecule has 34 heavy (non-hydrogen) atoms. The van der Waals surface area contributed by atoms with Gasteiger partial charge in [-0.1, -0.05) is 35.9 Å². The molecule has 3 N–H and O–H groups in total. The second kappa shape index (κ2) is 8.73. The molecule has 0 bridgehead atoms. The molecule has 0 saturated carbocycles. The molecule has 1 aliphatic heterocycles. The zero-order chi connectivity index (χ0) is 24.0. The average molecular weight is 587 g/mol. The number of hydrogen-bond acceptors (Lipinski definition) is 4. The lowest BCUT2D eigenvalue weighted by Gasteiger charge is -2.33. The minimum absolute atomic E-state index is 0.180. The van der Waals surface area contributed by atoms with Crippen LogP contribution in [0.15, 0.2) is 66.9 Å². The topological polar surface area (TPSA) is 115 Å². The Morgan fingerprint density at radius 1 is 1.12 bits per heavy atom. The predicted octanol–water partition coefficient (Wildman–Crippen LogP) is 4.78. The van der Waals surface area contributed by atoms with E-state index in [1.165, 1.54) is 18.3 Å². The number of aliphatic carboxylic acids is 1. The maximum Gasteiger partial charge on any atom is 0.331 e. The summed E-state index contributed by atoms with van der Waals surface area (Å²) in [4.78, 5) is 48.3. The van der Waals surface area contributed by atoms with Crippen molar-refractivity contribution in [3.05, 3.63) is 92.4 Å². The Bertz CT molecular complexity index is 1420. The number of hydrogen-bond donors (Lipinski definition) is 3. The molecule has 2 aromatic carbocycles. The molecular weight excluding hydrogens is 571 g/mol. The number of rotatable bonds is 4. The fourth-order valence-electron chi connectivity index (χ4n) is 4.16. The van der Waals surface area contributed by atoms with E-state index in [0.29, 0.717) is 11.4 Å². The molecule has 0 radical (unpaired) electrons. The molecule has 5 rings (SSSR count). The zero-order valence-electron chi connectivity index (χ0n) is 17.3. The van der Waals surface area contributed by atoms with Crippen LogP contribution in [0.3, 0.4) is 0 Å². The maximum absolute atomic E-state index is 13.9. The number of carbonyl (C=O) groups excluding carboxylic acids is 2. The number of pyridine rings is 1. The number of carboxylic acids is 1. The van der Waals surface area contributed by atoms with Gasteiger partial charge in [-0.2, -0.15) is 0 Å². The summed E-state index contributed by atoms with van der Waals surface area (Å²) >= 11 is 7.97. The zero-order valence-corrected chi connectivity index (χ0v) is 20.2. The molecule has 0 saturated heterocycles. The SMILES string of the molecule is O=C(O)[C@H](c1ccc(Cl)nc1)N1C(=O)c2cc(I)ccc2NC(=O)[C@@H]1c1cc2ccccc2[nH]1. The molecule has 4 aromatic rings. The van der Waals surface area contributed by atoms with E-state index in [2.05, 4.69) is 37.9 Å². The number of amides is 2. The summed E-state index contributed by atoms with van der Waals surface area (Å²) in [5.74, 6) is -2.44. The number of carboxylic acid groups (broad SMARTS) is 1. The van der Waals surface area contributed by atoms with Crippen molar-refractivity contribution in [1.29, 1.82) is 0 Å². The number of nitrogens with one attached hydrogen (secondary N) is 2. The average Bonchev–Trinajstić information content (AvgIpc) is 3.20. The normalized spacial score (nSPS) is 16.6. The number of fused-ring (bicyclic) bond motifs is 2. The van der Waals surface area contributed by atoms with Gasteiger partial charge in [-0.3, -0.25) is 9.59 Å². The van der Waals surface area contributed by atoms with Crippen molar-refractivity contribution in [2.45, 2.75) is 12.1 Å². The number of aromatic amines is 1. The van der Waals surface area contributed by atoms with E-state index in [-0.39, 0.29) is 16.3 Å². The summed E-state index contributed by atoms with van der Waals surface area (Å²) in [7, 11) is 0. The highest BCUT2D eigenvalue weighted by atomic mass is 127. The molecule has 0 spiro atoms. The summed E-state index contributed by atoms with van der Waals surface area (Å²) in [5, 5.41) is 14.1. The lowest BCUT2D eigenvalue weighted by atomic mass is 10.0. The van der Waals surface area contributed by atoms with Gasteiger partial charge in [-0.25, -0.2) is 9.78 Å². The van der Waals surface area contributed by atoms with Gasteiger partial charge in [0, 0.05) is 26.5 Å². The molecule has 2 aromatic heterocycles. The summed E-state index contributed by atoms with van der Waals surface area (Å²) in [6.45, 7) is 0. The third-order valence-electron chi connectivity index (χ3n) is 5.65. The predicted molar refractivity (Wildman–Crippen MR) is 135 cm³/mol. The Kier molecular flexibility index (Phi) is 5.74. The summed E-state index contributed by atoms with van der Waals surface area (Å²) < 4.78 is 0.767. The van der Waals surface area contributed by atoms with E-state index >= 15 is 0 Å². The third-order valence-corrected chi connectivity index (χ3v) is 6.55. The molecular formula is C24H16ClIN4O4. The van der Waals surface area contributed by atoms with E-state index < -0.39 is 29.9 Å².